The molecule has 2 aromatic rings. The Hall–Kier alpha value is -2.61. The van der Waals surface area contributed by atoms with Crippen molar-refractivity contribution < 1.29 is 9.90 Å². The molecule has 0 aliphatic heterocycles. The molecule has 18 heavy (non-hydrogen) atoms. The molecule has 0 aliphatic rings. The van der Waals surface area contributed by atoms with E-state index in [9.17, 15) is 4.79 Å². The Morgan fingerprint density at radius 2 is 2.17 bits per heavy atom. The topological polar surface area (TPSA) is 75.1 Å². The first kappa shape index (κ1) is 11.9. The third-order valence-electron chi connectivity index (χ3n) is 2.40. The maximum absolute atomic E-state index is 11.0. The number of nitrogens with one attached hydrogen (secondary N) is 1. The summed E-state index contributed by atoms with van der Waals surface area (Å²) >= 11 is 0. The standard InChI is InChI=1S/C13H11N3O2/c1-3-8(2)14-11-9-6-4-5-7-10(9)15-12(16-11)13(17)18/h1,4-8H,2H3,(H,17,18)(H,14,15,16). The number of benzene rings is 1. The summed E-state index contributed by atoms with van der Waals surface area (Å²) in [6.07, 6.45) is 5.29. The number of carboxylic acid groups (broad SMARTS) is 1. The van der Waals surface area contributed by atoms with Gasteiger partial charge in [-0.1, -0.05) is 18.1 Å². The van der Waals surface area contributed by atoms with E-state index in [1.807, 2.05) is 12.1 Å². The van der Waals surface area contributed by atoms with Crippen molar-refractivity contribution in [3.63, 3.8) is 0 Å². The molecule has 0 bridgehead atoms. The lowest BCUT2D eigenvalue weighted by Crippen LogP contribution is -2.16. The Balaban J connectivity index is 2.61. The second-order valence-electron chi connectivity index (χ2n) is 3.75. The largest absolute Gasteiger partial charge is 0.475 e. The summed E-state index contributed by atoms with van der Waals surface area (Å²) in [7, 11) is 0. The Morgan fingerprint density at radius 3 is 2.83 bits per heavy atom. The molecule has 1 aromatic heterocycles. The van der Waals surface area contributed by atoms with E-state index in [-0.39, 0.29) is 11.9 Å². The van der Waals surface area contributed by atoms with E-state index in [4.69, 9.17) is 11.5 Å². The van der Waals surface area contributed by atoms with E-state index < -0.39 is 5.97 Å². The van der Waals surface area contributed by atoms with Gasteiger partial charge in [-0.05, 0) is 19.1 Å². The third-order valence-corrected chi connectivity index (χ3v) is 2.40. The van der Waals surface area contributed by atoms with Crippen LogP contribution in [0.25, 0.3) is 10.9 Å². The molecule has 5 heteroatoms. The Bertz CT molecular complexity index is 646. The van der Waals surface area contributed by atoms with Gasteiger partial charge in [0.1, 0.15) is 5.82 Å². The van der Waals surface area contributed by atoms with Crippen molar-refractivity contribution in [3.8, 4) is 12.3 Å². The molecule has 1 aromatic carbocycles. The van der Waals surface area contributed by atoms with Gasteiger partial charge in [-0.3, -0.25) is 0 Å². The third kappa shape index (κ3) is 2.23. The molecule has 0 spiro atoms. The number of carbonyl (C=O) groups is 1. The van der Waals surface area contributed by atoms with Crippen molar-refractivity contribution >= 4 is 22.7 Å². The second kappa shape index (κ2) is 4.72. The van der Waals surface area contributed by atoms with Crippen LogP contribution in [0.4, 0.5) is 5.82 Å². The van der Waals surface area contributed by atoms with E-state index in [1.165, 1.54) is 0 Å². The minimum Gasteiger partial charge on any atom is -0.475 e. The molecule has 0 fully saturated rings. The van der Waals surface area contributed by atoms with E-state index >= 15 is 0 Å². The van der Waals surface area contributed by atoms with Crippen LogP contribution in [0, 0.1) is 12.3 Å². The van der Waals surface area contributed by atoms with Gasteiger partial charge in [0, 0.05) is 5.39 Å². The highest BCUT2D eigenvalue weighted by Crippen LogP contribution is 2.20. The number of para-hydroxylation sites is 1. The zero-order chi connectivity index (χ0) is 13.1. The molecule has 0 aliphatic carbocycles. The molecule has 0 radical (unpaired) electrons. The van der Waals surface area contributed by atoms with Gasteiger partial charge in [0.15, 0.2) is 0 Å². The highest BCUT2D eigenvalue weighted by atomic mass is 16.4. The van der Waals surface area contributed by atoms with Crippen LogP contribution in [0.3, 0.4) is 0 Å². The Kier molecular flexibility index (Phi) is 3.11. The van der Waals surface area contributed by atoms with E-state index in [1.54, 1.807) is 19.1 Å². The number of carboxylic acids is 1. The van der Waals surface area contributed by atoms with Crippen LogP contribution >= 0.6 is 0 Å². The molecule has 5 nitrogen and oxygen atoms in total. The van der Waals surface area contributed by atoms with Crippen LogP contribution in [0.5, 0.6) is 0 Å². The lowest BCUT2D eigenvalue weighted by Gasteiger charge is -2.11. The molecule has 0 saturated carbocycles. The van der Waals surface area contributed by atoms with Crippen molar-refractivity contribution in [2.45, 2.75) is 13.0 Å². The Morgan fingerprint density at radius 1 is 1.44 bits per heavy atom. The van der Waals surface area contributed by atoms with Crippen molar-refractivity contribution in [1.29, 1.82) is 0 Å². The normalized spacial score (nSPS) is 11.8. The van der Waals surface area contributed by atoms with E-state index in [2.05, 4.69) is 21.2 Å². The summed E-state index contributed by atoms with van der Waals surface area (Å²) in [6.45, 7) is 1.79. The summed E-state index contributed by atoms with van der Waals surface area (Å²) < 4.78 is 0. The zero-order valence-corrected chi connectivity index (χ0v) is 9.71. The van der Waals surface area contributed by atoms with Gasteiger partial charge in [-0.2, -0.15) is 0 Å². The molecule has 1 atom stereocenters. The predicted molar refractivity (Wildman–Crippen MR) is 68.4 cm³/mol. The number of nitrogens with zero attached hydrogens (tertiary/aromatic N) is 2. The minimum absolute atomic E-state index is 0.245. The highest BCUT2D eigenvalue weighted by Gasteiger charge is 2.13. The fourth-order valence-corrected chi connectivity index (χ4v) is 1.53. The van der Waals surface area contributed by atoms with Gasteiger partial charge in [0.2, 0.25) is 5.82 Å². The number of aromatic nitrogens is 2. The lowest BCUT2D eigenvalue weighted by atomic mass is 10.2. The first-order valence-corrected chi connectivity index (χ1v) is 5.34. The summed E-state index contributed by atoms with van der Waals surface area (Å²) in [6, 6.07) is 6.92. The zero-order valence-electron chi connectivity index (χ0n) is 9.71. The summed E-state index contributed by atoms with van der Waals surface area (Å²) in [5.74, 6) is 1.52. The van der Waals surface area contributed by atoms with Crippen LogP contribution < -0.4 is 5.32 Å². The van der Waals surface area contributed by atoms with Crippen molar-refractivity contribution in [3.05, 3.63) is 30.1 Å². The second-order valence-corrected chi connectivity index (χ2v) is 3.75. The number of hydrogen-bond donors (Lipinski definition) is 2. The number of terminal acetylenes is 1. The van der Waals surface area contributed by atoms with Gasteiger partial charge in [-0.25, -0.2) is 14.8 Å². The number of hydrogen-bond acceptors (Lipinski definition) is 4. The summed E-state index contributed by atoms with van der Waals surface area (Å²) in [5, 5.41) is 12.7. The fraction of sp³-hybridized carbons (Fsp3) is 0.154. The SMILES string of the molecule is C#CC(C)Nc1nc(C(=O)O)nc2ccccc12. The van der Waals surface area contributed by atoms with Gasteiger partial charge < -0.3 is 10.4 Å². The van der Waals surface area contributed by atoms with Crippen LogP contribution in [-0.2, 0) is 0 Å². The monoisotopic (exact) mass is 241 g/mol. The van der Waals surface area contributed by atoms with Gasteiger partial charge in [-0.15, -0.1) is 6.42 Å². The molecule has 2 rings (SSSR count). The number of fused-ring (bicyclic) bond motifs is 1. The first-order valence-electron chi connectivity index (χ1n) is 5.34. The number of anilines is 1. The van der Waals surface area contributed by atoms with E-state index in [0.717, 1.165) is 5.39 Å². The summed E-state index contributed by atoms with van der Waals surface area (Å²) in [4.78, 5) is 18.9. The average molecular weight is 241 g/mol. The Labute approximate surface area is 104 Å². The molecule has 0 amide bonds. The molecule has 1 heterocycles. The van der Waals surface area contributed by atoms with Crippen LogP contribution in [0.1, 0.15) is 17.5 Å². The summed E-state index contributed by atoms with van der Waals surface area (Å²) in [5.41, 5.74) is 0.566. The van der Waals surface area contributed by atoms with Crippen molar-refractivity contribution in [2.75, 3.05) is 5.32 Å². The fourth-order valence-electron chi connectivity index (χ4n) is 1.53. The van der Waals surface area contributed by atoms with E-state index in [0.29, 0.717) is 11.3 Å². The predicted octanol–water partition coefficient (Wildman–Crippen LogP) is 1.76. The number of rotatable bonds is 3. The van der Waals surface area contributed by atoms with Gasteiger partial charge >= 0.3 is 5.97 Å². The molecule has 0 saturated heterocycles. The lowest BCUT2D eigenvalue weighted by molar-refractivity contribution is 0.0684. The van der Waals surface area contributed by atoms with Crippen LogP contribution in [0.15, 0.2) is 24.3 Å². The molecule has 90 valence electrons. The minimum atomic E-state index is -1.17. The van der Waals surface area contributed by atoms with Crippen molar-refractivity contribution in [1.82, 2.24) is 9.97 Å². The molecule has 1 unspecified atom stereocenters. The maximum atomic E-state index is 11.0. The number of aromatic carboxylic acids is 1. The highest BCUT2D eigenvalue weighted by molar-refractivity contribution is 5.93. The van der Waals surface area contributed by atoms with Crippen molar-refractivity contribution in [2.24, 2.45) is 0 Å². The first-order chi connectivity index (χ1) is 8.61. The maximum Gasteiger partial charge on any atom is 0.374 e. The van der Waals surface area contributed by atoms with Gasteiger partial charge in [0.05, 0.1) is 11.6 Å². The van der Waals surface area contributed by atoms with Crippen LogP contribution in [0.2, 0.25) is 0 Å². The van der Waals surface area contributed by atoms with Gasteiger partial charge in [0.25, 0.3) is 0 Å². The molecule has 2 N–H and O–H groups in total. The molecular formula is C13H11N3O2. The smallest absolute Gasteiger partial charge is 0.374 e. The quantitative estimate of drug-likeness (QED) is 0.801. The average Bonchev–Trinajstić information content (AvgIpc) is 2.38. The molecular weight excluding hydrogens is 230 g/mol. The van der Waals surface area contributed by atoms with Crippen LogP contribution in [-0.4, -0.2) is 27.1 Å².